The third-order valence-corrected chi connectivity index (χ3v) is 1.70. The van der Waals surface area contributed by atoms with Crippen molar-refractivity contribution in [2.75, 3.05) is 25.1 Å². The van der Waals surface area contributed by atoms with Crippen LogP contribution < -0.4 is 5.32 Å². The topological polar surface area (TPSA) is 47.6 Å². The second-order valence-electron chi connectivity index (χ2n) is 2.99. The first kappa shape index (κ1) is 15.4. The Balaban J connectivity index is 0.000000437. The molecule has 0 aliphatic rings. The standard InChI is InChI=1S/C9H11NO2.C4H10O/c1-2-12-9(11)10-8-6-4-3-5-7-8;1-3-5-4-2/h3-7H,2H2,1H3,(H,10,11);3-4H2,1-2H3. The maximum Gasteiger partial charge on any atom is 0.411 e. The highest BCUT2D eigenvalue weighted by molar-refractivity contribution is 5.84. The van der Waals surface area contributed by atoms with E-state index in [-0.39, 0.29) is 0 Å². The van der Waals surface area contributed by atoms with Gasteiger partial charge in [-0.3, -0.25) is 5.32 Å². The lowest BCUT2D eigenvalue weighted by atomic mass is 10.3. The normalized spacial score (nSPS) is 8.88. The van der Waals surface area contributed by atoms with Gasteiger partial charge in [0.05, 0.1) is 6.61 Å². The van der Waals surface area contributed by atoms with Crippen molar-refractivity contribution in [3.8, 4) is 0 Å². The van der Waals surface area contributed by atoms with Crippen molar-refractivity contribution in [3.63, 3.8) is 0 Å². The molecule has 0 aliphatic carbocycles. The first-order valence-corrected chi connectivity index (χ1v) is 5.81. The lowest BCUT2D eigenvalue weighted by Crippen LogP contribution is -2.12. The van der Waals surface area contributed by atoms with Crippen molar-refractivity contribution in [1.29, 1.82) is 0 Å². The van der Waals surface area contributed by atoms with Crippen molar-refractivity contribution in [2.45, 2.75) is 20.8 Å². The van der Waals surface area contributed by atoms with Crippen LogP contribution in [0.3, 0.4) is 0 Å². The van der Waals surface area contributed by atoms with Crippen LogP contribution in [0.5, 0.6) is 0 Å². The number of hydrogen-bond acceptors (Lipinski definition) is 3. The van der Waals surface area contributed by atoms with E-state index in [4.69, 9.17) is 9.47 Å². The highest BCUT2D eigenvalue weighted by Gasteiger charge is 1.98. The summed E-state index contributed by atoms with van der Waals surface area (Å²) in [6.07, 6.45) is -0.413. The molecule has 0 atom stereocenters. The minimum absolute atomic E-state index is 0.388. The van der Waals surface area contributed by atoms with E-state index in [1.54, 1.807) is 19.1 Å². The molecule has 0 aliphatic heterocycles. The highest BCUT2D eigenvalue weighted by Crippen LogP contribution is 2.04. The highest BCUT2D eigenvalue weighted by atomic mass is 16.5. The average molecular weight is 239 g/mol. The molecular formula is C13H21NO3. The Hall–Kier alpha value is -1.55. The van der Waals surface area contributed by atoms with Crippen LogP contribution >= 0.6 is 0 Å². The van der Waals surface area contributed by atoms with Gasteiger partial charge in [0.1, 0.15) is 0 Å². The molecule has 1 N–H and O–H groups in total. The molecule has 0 heterocycles. The second-order valence-corrected chi connectivity index (χ2v) is 2.99. The largest absolute Gasteiger partial charge is 0.450 e. The van der Waals surface area contributed by atoms with Gasteiger partial charge in [0, 0.05) is 18.9 Å². The van der Waals surface area contributed by atoms with Crippen LogP contribution in [0.4, 0.5) is 10.5 Å². The van der Waals surface area contributed by atoms with E-state index in [0.717, 1.165) is 18.9 Å². The fourth-order valence-corrected chi connectivity index (χ4v) is 1.01. The number of para-hydroxylation sites is 1. The van der Waals surface area contributed by atoms with Gasteiger partial charge in [-0.1, -0.05) is 18.2 Å². The summed E-state index contributed by atoms with van der Waals surface area (Å²) in [5, 5.41) is 2.58. The Kier molecular flexibility index (Phi) is 9.95. The van der Waals surface area contributed by atoms with Crippen LogP contribution in [0.1, 0.15) is 20.8 Å². The van der Waals surface area contributed by atoms with Gasteiger partial charge in [-0.2, -0.15) is 0 Å². The molecule has 1 aromatic carbocycles. The van der Waals surface area contributed by atoms with E-state index in [0.29, 0.717) is 6.61 Å². The third-order valence-electron chi connectivity index (χ3n) is 1.70. The zero-order chi connectivity index (χ0) is 12.9. The van der Waals surface area contributed by atoms with Gasteiger partial charge < -0.3 is 9.47 Å². The molecule has 0 aromatic heterocycles. The minimum atomic E-state index is -0.413. The number of benzene rings is 1. The van der Waals surface area contributed by atoms with E-state index in [2.05, 4.69) is 5.32 Å². The van der Waals surface area contributed by atoms with Crippen molar-refractivity contribution < 1.29 is 14.3 Å². The first-order valence-electron chi connectivity index (χ1n) is 5.81. The van der Waals surface area contributed by atoms with Crippen LogP contribution in [0, 0.1) is 0 Å². The average Bonchev–Trinajstić information content (AvgIpc) is 2.32. The summed E-state index contributed by atoms with van der Waals surface area (Å²) in [5.41, 5.74) is 0.746. The predicted molar refractivity (Wildman–Crippen MR) is 69.3 cm³/mol. The summed E-state index contributed by atoms with van der Waals surface area (Å²) in [7, 11) is 0. The molecule has 1 aromatic rings. The molecule has 4 heteroatoms. The van der Waals surface area contributed by atoms with Crippen molar-refractivity contribution in [2.24, 2.45) is 0 Å². The van der Waals surface area contributed by atoms with Crippen LogP contribution in [0.2, 0.25) is 0 Å². The predicted octanol–water partition coefficient (Wildman–Crippen LogP) is 3.30. The number of nitrogens with one attached hydrogen (secondary N) is 1. The molecule has 4 nitrogen and oxygen atoms in total. The zero-order valence-corrected chi connectivity index (χ0v) is 10.7. The SMILES string of the molecule is CCOC(=O)Nc1ccccc1.CCOCC. The number of ether oxygens (including phenoxy) is 2. The van der Waals surface area contributed by atoms with E-state index in [1.165, 1.54) is 0 Å². The number of anilines is 1. The monoisotopic (exact) mass is 239 g/mol. The molecular weight excluding hydrogens is 218 g/mol. The van der Waals surface area contributed by atoms with Crippen LogP contribution in [-0.2, 0) is 9.47 Å². The molecule has 0 saturated carbocycles. The maximum absolute atomic E-state index is 10.9. The summed E-state index contributed by atoms with van der Waals surface area (Å²) in [6, 6.07) is 9.19. The van der Waals surface area contributed by atoms with Crippen LogP contribution in [-0.4, -0.2) is 25.9 Å². The van der Waals surface area contributed by atoms with E-state index in [9.17, 15) is 4.79 Å². The Morgan fingerprint density at radius 1 is 1.06 bits per heavy atom. The van der Waals surface area contributed by atoms with Crippen molar-refractivity contribution in [1.82, 2.24) is 0 Å². The minimum Gasteiger partial charge on any atom is -0.450 e. The quantitative estimate of drug-likeness (QED) is 0.877. The van der Waals surface area contributed by atoms with Crippen molar-refractivity contribution >= 4 is 11.8 Å². The van der Waals surface area contributed by atoms with Gasteiger partial charge in [-0.25, -0.2) is 4.79 Å². The lowest BCUT2D eigenvalue weighted by Gasteiger charge is -2.03. The number of carbonyl (C=O) groups is 1. The van der Waals surface area contributed by atoms with Gasteiger partial charge in [-0.05, 0) is 32.9 Å². The van der Waals surface area contributed by atoms with Gasteiger partial charge >= 0.3 is 6.09 Å². The fourth-order valence-electron chi connectivity index (χ4n) is 1.01. The smallest absolute Gasteiger partial charge is 0.411 e. The van der Waals surface area contributed by atoms with Gasteiger partial charge in [-0.15, -0.1) is 0 Å². The summed E-state index contributed by atoms with van der Waals surface area (Å²) in [4.78, 5) is 10.9. The lowest BCUT2D eigenvalue weighted by molar-refractivity contribution is 0.162. The second kappa shape index (κ2) is 11.0. The molecule has 0 spiro atoms. The van der Waals surface area contributed by atoms with E-state index < -0.39 is 6.09 Å². The fraction of sp³-hybridized carbons (Fsp3) is 0.462. The van der Waals surface area contributed by atoms with Gasteiger partial charge in [0.15, 0.2) is 0 Å². The summed E-state index contributed by atoms with van der Waals surface area (Å²) >= 11 is 0. The third kappa shape index (κ3) is 9.38. The Labute approximate surface area is 103 Å². The molecule has 0 radical (unpaired) electrons. The Morgan fingerprint density at radius 3 is 2.06 bits per heavy atom. The number of rotatable bonds is 4. The molecule has 1 rings (SSSR count). The van der Waals surface area contributed by atoms with Crippen LogP contribution in [0.15, 0.2) is 30.3 Å². The van der Waals surface area contributed by atoms with Gasteiger partial charge in [0.2, 0.25) is 0 Å². The maximum atomic E-state index is 10.9. The summed E-state index contributed by atoms with van der Waals surface area (Å²) < 4.78 is 9.53. The van der Waals surface area contributed by atoms with Crippen molar-refractivity contribution in [3.05, 3.63) is 30.3 Å². The number of hydrogen-bond donors (Lipinski definition) is 1. The number of amides is 1. The summed E-state index contributed by atoms with van der Waals surface area (Å²) in [6.45, 7) is 7.82. The summed E-state index contributed by atoms with van der Waals surface area (Å²) in [5.74, 6) is 0. The van der Waals surface area contributed by atoms with E-state index >= 15 is 0 Å². The van der Waals surface area contributed by atoms with Crippen LogP contribution in [0.25, 0.3) is 0 Å². The molecule has 0 saturated heterocycles. The Bertz CT molecular complexity index is 286. The molecule has 0 bridgehead atoms. The molecule has 0 fully saturated rings. The first-order chi connectivity index (χ1) is 8.24. The number of carbonyl (C=O) groups excluding carboxylic acids is 1. The molecule has 1 amide bonds. The zero-order valence-electron chi connectivity index (χ0n) is 10.7. The molecule has 17 heavy (non-hydrogen) atoms. The van der Waals surface area contributed by atoms with Gasteiger partial charge in [0.25, 0.3) is 0 Å². The molecule has 96 valence electrons. The van der Waals surface area contributed by atoms with E-state index in [1.807, 2.05) is 32.0 Å². The molecule has 0 unspecified atom stereocenters. The Morgan fingerprint density at radius 2 is 1.65 bits per heavy atom.